The SMILES string of the molecule is COc1ccc(SCCC(=O)Nc2cnc3ccccc3c2)cc1. The third-order valence-corrected chi connectivity index (χ3v) is 4.55. The van der Waals surface area contributed by atoms with Gasteiger partial charge in [-0.3, -0.25) is 9.78 Å². The van der Waals surface area contributed by atoms with E-state index in [0.717, 1.165) is 33.0 Å². The van der Waals surface area contributed by atoms with Crippen molar-refractivity contribution in [2.75, 3.05) is 18.2 Å². The maximum atomic E-state index is 12.1. The van der Waals surface area contributed by atoms with Crippen LogP contribution in [0.3, 0.4) is 0 Å². The van der Waals surface area contributed by atoms with Gasteiger partial charge >= 0.3 is 0 Å². The Labute approximate surface area is 145 Å². The first-order valence-electron chi connectivity index (χ1n) is 7.66. The van der Waals surface area contributed by atoms with E-state index < -0.39 is 0 Å². The zero-order valence-electron chi connectivity index (χ0n) is 13.4. The van der Waals surface area contributed by atoms with Gasteiger partial charge in [-0.1, -0.05) is 18.2 Å². The summed E-state index contributed by atoms with van der Waals surface area (Å²) in [6.45, 7) is 0. The third-order valence-electron chi connectivity index (χ3n) is 3.53. The standard InChI is InChI=1S/C19H18N2O2S/c1-23-16-6-8-17(9-7-16)24-11-10-19(22)21-15-12-14-4-2-3-5-18(14)20-13-15/h2-9,12-13H,10-11H2,1H3,(H,21,22). The molecule has 4 nitrogen and oxygen atoms in total. The zero-order valence-corrected chi connectivity index (χ0v) is 14.2. The number of hydrogen-bond acceptors (Lipinski definition) is 4. The van der Waals surface area contributed by atoms with Crippen LogP contribution in [-0.4, -0.2) is 23.8 Å². The molecule has 0 saturated heterocycles. The number of fused-ring (bicyclic) bond motifs is 1. The molecular formula is C19H18N2O2S. The van der Waals surface area contributed by atoms with Crippen LogP contribution in [0.25, 0.3) is 10.9 Å². The van der Waals surface area contributed by atoms with Gasteiger partial charge in [0.2, 0.25) is 5.91 Å². The molecule has 0 aliphatic rings. The van der Waals surface area contributed by atoms with Crippen LogP contribution in [0.15, 0.2) is 65.7 Å². The first kappa shape index (κ1) is 16.3. The molecule has 0 unspecified atom stereocenters. The number of benzene rings is 2. The number of pyridine rings is 1. The number of methoxy groups -OCH3 is 1. The summed E-state index contributed by atoms with van der Waals surface area (Å²) < 4.78 is 5.13. The van der Waals surface area contributed by atoms with Crippen molar-refractivity contribution >= 4 is 34.3 Å². The van der Waals surface area contributed by atoms with E-state index in [9.17, 15) is 4.79 Å². The van der Waals surface area contributed by atoms with Gasteiger partial charge in [-0.05, 0) is 36.4 Å². The molecule has 2 aromatic carbocycles. The van der Waals surface area contributed by atoms with E-state index in [1.54, 1.807) is 25.1 Å². The Morgan fingerprint density at radius 1 is 1.17 bits per heavy atom. The van der Waals surface area contributed by atoms with Crippen LogP contribution in [0.5, 0.6) is 5.75 Å². The number of carbonyl (C=O) groups is 1. The van der Waals surface area contributed by atoms with Crippen LogP contribution >= 0.6 is 11.8 Å². The number of rotatable bonds is 6. The summed E-state index contributed by atoms with van der Waals surface area (Å²) in [6.07, 6.45) is 2.14. The summed E-state index contributed by atoms with van der Waals surface area (Å²) in [4.78, 5) is 17.5. The predicted octanol–water partition coefficient (Wildman–Crippen LogP) is 4.36. The van der Waals surface area contributed by atoms with Crippen molar-refractivity contribution in [3.05, 3.63) is 60.8 Å². The molecule has 122 valence electrons. The summed E-state index contributed by atoms with van der Waals surface area (Å²) in [5, 5.41) is 3.92. The number of amides is 1. The predicted molar refractivity (Wildman–Crippen MR) is 98.7 cm³/mol. The lowest BCUT2D eigenvalue weighted by atomic mass is 10.2. The molecule has 0 bridgehead atoms. The van der Waals surface area contributed by atoms with Crippen molar-refractivity contribution in [2.45, 2.75) is 11.3 Å². The molecule has 0 atom stereocenters. The zero-order chi connectivity index (χ0) is 16.8. The lowest BCUT2D eigenvalue weighted by Gasteiger charge is -2.06. The molecule has 3 aromatic rings. The molecule has 3 rings (SSSR count). The first-order valence-corrected chi connectivity index (χ1v) is 8.64. The Bertz CT molecular complexity index is 834. The van der Waals surface area contributed by atoms with Crippen LogP contribution in [0.4, 0.5) is 5.69 Å². The van der Waals surface area contributed by atoms with E-state index in [2.05, 4.69) is 10.3 Å². The molecule has 5 heteroatoms. The molecule has 1 aromatic heterocycles. The summed E-state index contributed by atoms with van der Waals surface area (Å²) in [5.41, 5.74) is 1.65. The summed E-state index contributed by atoms with van der Waals surface area (Å²) in [5.74, 6) is 1.55. The number of nitrogens with zero attached hydrogens (tertiary/aromatic N) is 1. The van der Waals surface area contributed by atoms with Crippen LogP contribution in [0.2, 0.25) is 0 Å². The highest BCUT2D eigenvalue weighted by molar-refractivity contribution is 7.99. The van der Waals surface area contributed by atoms with Crippen molar-refractivity contribution in [2.24, 2.45) is 0 Å². The lowest BCUT2D eigenvalue weighted by molar-refractivity contribution is -0.115. The molecule has 24 heavy (non-hydrogen) atoms. The second kappa shape index (κ2) is 7.84. The number of hydrogen-bond donors (Lipinski definition) is 1. The Balaban J connectivity index is 1.51. The maximum absolute atomic E-state index is 12.1. The largest absolute Gasteiger partial charge is 0.497 e. The van der Waals surface area contributed by atoms with Gasteiger partial charge in [0.1, 0.15) is 5.75 Å². The van der Waals surface area contributed by atoms with Gasteiger partial charge in [-0.2, -0.15) is 0 Å². The highest BCUT2D eigenvalue weighted by Gasteiger charge is 2.05. The molecular weight excluding hydrogens is 320 g/mol. The Morgan fingerprint density at radius 2 is 1.96 bits per heavy atom. The fourth-order valence-electron chi connectivity index (χ4n) is 2.30. The maximum Gasteiger partial charge on any atom is 0.225 e. The lowest BCUT2D eigenvalue weighted by Crippen LogP contribution is -2.12. The van der Waals surface area contributed by atoms with E-state index in [-0.39, 0.29) is 5.91 Å². The van der Waals surface area contributed by atoms with E-state index >= 15 is 0 Å². The van der Waals surface area contributed by atoms with Gasteiger partial charge in [0.05, 0.1) is 24.5 Å². The van der Waals surface area contributed by atoms with Gasteiger partial charge in [0.25, 0.3) is 0 Å². The number of para-hydroxylation sites is 1. The van der Waals surface area contributed by atoms with Crippen molar-refractivity contribution in [1.82, 2.24) is 4.98 Å². The van der Waals surface area contributed by atoms with Crippen LogP contribution in [0, 0.1) is 0 Å². The van der Waals surface area contributed by atoms with Crippen LogP contribution in [0.1, 0.15) is 6.42 Å². The first-order chi connectivity index (χ1) is 11.7. The monoisotopic (exact) mass is 338 g/mol. The normalized spacial score (nSPS) is 10.5. The molecule has 1 N–H and O–H groups in total. The van der Waals surface area contributed by atoms with Gasteiger partial charge in [0, 0.05) is 22.5 Å². The molecule has 0 spiro atoms. The van der Waals surface area contributed by atoms with Crippen molar-refractivity contribution in [3.63, 3.8) is 0 Å². The minimum absolute atomic E-state index is 0.00640. The number of anilines is 1. The molecule has 0 radical (unpaired) electrons. The minimum Gasteiger partial charge on any atom is -0.497 e. The van der Waals surface area contributed by atoms with E-state index in [1.807, 2.05) is 54.6 Å². The van der Waals surface area contributed by atoms with E-state index in [4.69, 9.17) is 4.74 Å². The average Bonchev–Trinajstić information content (AvgIpc) is 2.62. The highest BCUT2D eigenvalue weighted by Crippen LogP contribution is 2.22. The second-order valence-electron chi connectivity index (χ2n) is 5.24. The summed E-state index contributed by atoms with van der Waals surface area (Å²) in [6, 6.07) is 17.6. The van der Waals surface area contributed by atoms with Crippen LogP contribution in [-0.2, 0) is 4.79 Å². The van der Waals surface area contributed by atoms with E-state index in [1.165, 1.54) is 0 Å². The smallest absolute Gasteiger partial charge is 0.225 e. The highest BCUT2D eigenvalue weighted by atomic mass is 32.2. The molecule has 0 aliphatic carbocycles. The van der Waals surface area contributed by atoms with Gasteiger partial charge in [0.15, 0.2) is 0 Å². The number of ether oxygens (including phenoxy) is 1. The quantitative estimate of drug-likeness (QED) is 0.678. The molecule has 1 amide bonds. The Hall–Kier alpha value is -2.53. The second-order valence-corrected chi connectivity index (χ2v) is 6.41. The van der Waals surface area contributed by atoms with Crippen molar-refractivity contribution in [1.29, 1.82) is 0 Å². The number of thioether (sulfide) groups is 1. The van der Waals surface area contributed by atoms with E-state index in [0.29, 0.717) is 6.42 Å². The van der Waals surface area contributed by atoms with Gasteiger partial charge in [-0.25, -0.2) is 0 Å². The Morgan fingerprint density at radius 3 is 2.75 bits per heavy atom. The number of carbonyl (C=O) groups excluding carboxylic acids is 1. The molecule has 0 saturated carbocycles. The Kier molecular flexibility index (Phi) is 5.33. The molecule has 0 fully saturated rings. The summed E-state index contributed by atoms with van der Waals surface area (Å²) >= 11 is 1.65. The van der Waals surface area contributed by atoms with Crippen molar-refractivity contribution in [3.8, 4) is 5.75 Å². The molecule has 1 heterocycles. The third kappa shape index (κ3) is 4.26. The summed E-state index contributed by atoms with van der Waals surface area (Å²) in [7, 11) is 1.65. The van der Waals surface area contributed by atoms with Gasteiger partial charge in [-0.15, -0.1) is 11.8 Å². The fraction of sp³-hybridized carbons (Fsp3) is 0.158. The minimum atomic E-state index is -0.00640. The fourth-order valence-corrected chi connectivity index (χ4v) is 3.15. The van der Waals surface area contributed by atoms with Gasteiger partial charge < -0.3 is 10.1 Å². The average molecular weight is 338 g/mol. The number of aromatic nitrogens is 1. The van der Waals surface area contributed by atoms with Crippen LogP contribution < -0.4 is 10.1 Å². The molecule has 0 aliphatic heterocycles. The number of nitrogens with one attached hydrogen (secondary N) is 1. The topological polar surface area (TPSA) is 51.2 Å². The van der Waals surface area contributed by atoms with Crippen molar-refractivity contribution < 1.29 is 9.53 Å².